The van der Waals surface area contributed by atoms with Crippen LogP contribution in [0.15, 0.2) is 36.4 Å². The summed E-state index contributed by atoms with van der Waals surface area (Å²) >= 11 is 0. The summed E-state index contributed by atoms with van der Waals surface area (Å²) < 4.78 is 0. The molecule has 4 nitrogen and oxygen atoms in total. The number of aromatic hydroxyl groups is 2. The van der Waals surface area contributed by atoms with Crippen LogP contribution in [0.4, 0.5) is 0 Å². The van der Waals surface area contributed by atoms with Gasteiger partial charge in [-0.05, 0) is 12.1 Å². The standard InChI is InChI=1S/C12H8N2O2/c15-11-5-9-10(6-12(11)16)14-8-4-2-1-3-7(8)13-9/h1-6,15-16H. The van der Waals surface area contributed by atoms with Gasteiger partial charge in [0.05, 0.1) is 22.1 Å². The van der Waals surface area contributed by atoms with E-state index in [-0.39, 0.29) is 11.5 Å². The number of phenols is 2. The Bertz CT molecular complexity index is 635. The molecule has 78 valence electrons. The normalized spacial score (nSPS) is 11.0. The highest BCUT2D eigenvalue weighted by Gasteiger charge is 2.05. The maximum atomic E-state index is 9.37. The minimum atomic E-state index is -0.183. The molecule has 0 aliphatic rings. The Morgan fingerprint density at radius 2 is 1.12 bits per heavy atom. The first-order chi connectivity index (χ1) is 7.74. The molecule has 2 aromatic carbocycles. The van der Waals surface area contributed by atoms with Crippen molar-refractivity contribution in [2.75, 3.05) is 0 Å². The molecule has 4 heteroatoms. The van der Waals surface area contributed by atoms with Crippen LogP contribution in [0.3, 0.4) is 0 Å². The van der Waals surface area contributed by atoms with Crippen molar-refractivity contribution in [2.45, 2.75) is 0 Å². The molecule has 2 N–H and O–H groups in total. The van der Waals surface area contributed by atoms with Gasteiger partial charge in [-0.25, -0.2) is 9.97 Å². The summed E-state index contributed by atoms with van der Waals surface area (Å²) in [7, 11) is 0. The van der Waals surface area contributed by atoms with Gasteiger partial charge in [0, 0.05) is 12.1 Å². The fraction of sp³-hybridized carbons (Fsp3) is 0. The van der Waals surface area contributed by atoms with Gasteiger partial charge in [0.2, 0.25) is 0 Å². The molecule has 3 rings (SSSR count). The van der Waals surface area contributed by atoms with Gasteiger partial charge in [0.1, 0.15) is 0 Å². The molecule has 0 fully saturated rings. The van der Waals surface area contributed by atoms with Crippen LogP contribution < -0.4 is 0 Å². The van der Waals surface area contributed by atoms with E-state index in [0.717, 1.165) is 11.0 Å². The number of fused-ring (bicyclic) bond motifs is 2. The first-order valence-corrected chi connectivity index (χ1v) is 4.82. The molecular weight excluding hydrogens is 204 g/mol. The fourth-order valence-electron chi connectivity index (χ4n) is 1.65. The summed E-state index contributed by atoms with van der Waals surface area (Å²) in [6, 6.07) is 10.3. The molecule has 3 aromatic rings. The van der Waals surface area contributed by atoms with Crippen molar-refractivity contribution in [2.24, 2.45) is 0 Å². The second-order valence-corrected chi connectivity index (χ2v) is 3.54. The molecule has 0 spiro atoms. The molecule has 0 unspecified atom stereocenters. The van der Waals surface area contributed by atoms with Gasteiger partial charge in [0.15, 0.2) is 11.5 Å². The van der Waals surface area contributed by atoms with Crippen molar-refractivity contribution in [3.8, 4) is 11.5 Å². The summed E-state index contributed by atoms with van der Waals surface area (Å²) in [5.74, 6) is -0.367. The van der Waals surface area contributed by atoms with Crippen LogP contribution in [-0.2, 0) is 0 Å². The van der Waals surface area contributed by atoms with Gasteiger partial charge in [-0.15, -0.1) is 0 Å². The third-order valence-electron chi connectivity index (χ3n) is 2.44. The van der Waals surface area contributed by atoms with Crippen LogP contribution in [0.2, 0.25) is 0 Å². The van der Waals surface area contributed by atoms with Crippen molar-refractivity contribution in [1.82, 2.24) is 9.97 Å². The molecule has 1 heterocycles. The monoisotopic (exact) mass is 212 g/mol. The van der Waals surface area contributed by atoms with Gasteiger partial charge in [-0.1, -0.05) is 12.1 Å². The Balaban J connectivity index is 2.46. The third-order valence-corrected chi connectivity index (χ3v) is 2.44. The van der Waals surface area contributed by atoms with Crippen LogP contribution in [0.5, 0.6) is 11.5 Å². The van der Waals surface area contributed by atoms with E-state index in [4.69, 9.17) is 0 Å². The number of rotatable bonds is 0. The second-order valence-electron chi connectivity index (χ2n) is 3.54. The lowest BCUT2D eigenvalue weighted by Crippen LogP contribution is -1.86. The van der Waals surface area contributed by atoms with Crippen LogP contribution in [0, 0.1) is 0 Å². The predicted molar refractivity (Wildman–Crippen MR) is 60.4 cm³/mol. The van der Waals surface area contributed by atoms with Crippen LogP contribution in [0.25, 0.3) is 22.1 Å². The summed E-state index contributed by atoms with van der Waals surface area (Å²) in [5, 5.41) is 18.7. The van der Waals surface area contributed by atoms with E-state index in [1.54, 1.807) is 0 Å². The number of aromatic nitrogens is 2. The second kappa shape index (κ2) is 3.06. The molecule has 0 amide bonds. The SMILES string of the molecule is Oc1cc2nc3ccccc3nc2cc1O. The van der Waals surface area contributed by atoms with Crippen molar-refractivity contribution < 1.29 is 10.2 Å². The first kappa shape index (κ1) is 8.91. The van der Waals surface area contributed by atoms with Gasteiger partial charge in [-0.2, -0.15) is 0 Å². The van der Waals surface area contributed by atoms with E-state index in [1.165, 1.54) is 12.1 Å². The molecular formula is C12H8N2O2. The molecule has 16 heavy (non-hydrogen) atoms. The van der Waals surface area contributed by atoms with Crippen molar-refractivity contribution in [1.29, 1.82) is 0 Å². The number of nitrogens with zero attached hydrogens (tertiary/aromatic N) is 2. The number of benzene rings is 2. The third kappa shape index (κ3) is 1.24. The number of para-hydroxylation sites is 2. The average molecular weight is 212 g/mol. The summed E-state index contributed by atoms with van der Waals surface area (Å²) in [6.07, 6.45) is 0. The molecule has 1 aromatic heterocycles. The zero-order chi connectivity index (χ0) is 11.1. The number of hydrogen-bond donors (Lipinski definition) is 2. The zero-order valence-corrected chi connectivity index (χ0v) is 8.25. The minimum Gasteiger partial charge on any atom is -0.504 e. The first-order valence-electron chi connectivity index (χ1n) is 4.82. The molecule has 0 radical (unpaired) electrons. The number of hydrogen-bond acceptors (Lipinski definition) is 4. The van der Waals surface area contributed by atoms with Crippen molar-refractivity contribution in [3.05, 3.63) is 36.4 Å². The highest BCUT2D eigenvalue weighted by molar-refractivity contribution is 5.87. The molecule has 0 aliphatic heterocycles. The molecule has 0 saturated heterocycles. The minimum absolute atomic E-state index is 0.183. The van der Waals surface area contributed by atoms with E-state index < -0.39 is 0 Å². The maximum absolute atomic E-state index is 9.37. The quantitative estimate of drug-likeness (QED) is 0.443. The van der Waals surface area contributed by atoms with Crippen molar-refractivity contribution in [3.63, 3.8) is 0 Å². The van der Waals surface area contributed by atoms with E-state index in [2.05, 4.69) is 9.97 Å². The highest BCUT2D eigenvalue weighted by Crippen LogP contribution is 2.29. The van der Waals surface area contributed by atoms with Gasteiger partial charge in [-0.3, -0.25) is 0 Å². The summed E-state index contributed by atoms with van der Waals surface area (Å²) in [6.45, 7) is 0. The summed E-state index contributed by atoms with van der Waals surface area (Å²) in [4.78, 5) is 8.69. The Morgan fingerprint density at radius 1 is 0.688 bits per heavy atom. The highest BCUT2D eigenvalue weighted by atomic mass is 16.3. The van der Waals surface area contributed by atoms with E-state index in [9.17, 15) is 10.2 Å². The largest absolute Gasteiger partial charge is 0.504 e. The van der Waals surface area contributed by atoms with E-state index >= 15 is 0 Å². The molecule has 0 saturated carbocycles. The molecule has 0 atom stereocenters. The Labute approximate surface area is 90.8 Å². The average Bonchev–Trinajstić information content (AvgIpc) is 2.28. The lowest BCUT2D eigenvalue weighted by molar-refractivity contribution is 0.404. The lowest BCUT2D eigenvalue weighted by atomic mass is 10.2. The maximum Gasteiger partial charge on any atom is 0.159 e. The topological polar surface area (TPSA) is 66.2 Å². The predicted octanol–water partition coefficient (Wildman–Crippen LogP) is 2.19. The smallest absolute Gasteiger partial charge is 0.159 e. The van der Waals surface area contributed by atoms with Crippen molar-refractivity contribution >= 4 is 22.1 Å². The summed E-state index contributed by atoms with van der Waals surface area (Å²) in [5.41, 5.74) is 2.66. The Hall–Kier alpha value is -2.36. The lowest BCUT2D eigenvalue weighted by Gasteiger charge is -2.02. The Kier molecular flexibility index (Phi) is 1.71. The molecule has 0 bridgehead atoms. The van der Waals surface area contributed by atoms with Crippen LogP contribution in [0.1, 0.15) is 0 Å². The Morgan fingerprint density at radius 3 is 1.56 bits per heavy atom. The zero-order valence-electron chi connectivity index (χ0n) is 8.25. The molecule has 0 aliphatic carbocycles. The van der Waals surface area contributed by atoms with Crippen LogP contribution in [-0.4, -0.2) is 20.2 Å². The van der Waals surface area contributed by atoms with Crippen LogP contribution >= 0.6 is 0 Å². The van der Waals surface area contributed by atoms with Gasteiger partial charge in [0.25, 0.3) is 0 Å². The van der Waals surface area contributed by atoms with Gasteiger partial charge < -0.3 is 10.2 Å². The van der Waals surface area contributed by atoms with E-state index in [1.807, 2.05) is 24.3 Å². The van der Waals surface area contributed by atoms with Gasteiger partial charge >= 0.3 is 0 Å². The fourth-order valence-corrected chi connectivity index (χ4v) is 1.65. The van der Waals surface area contributed by atoms with E-state index in [0.29, 0.717) is 11.0 Å². The number of phenolic OH excluding ortho intramolecular Hbond substituents is 2.